The smallest absolute Gasteiger partial charge is 0.268 e. The highest BCUT2D eigenvalue weighted by Gasteiger charge is 2.33. The van der Waals surface area contributed by atoms with Gasteiger partial charge in [-0.2, -0.15) is 10.1 Å². The Labute approximate surface area is 287 Å². The molecule has 0 unspecified atom stereocenters. The van der Waals surface area contributed by atoms with Gasteiger partial charge >= 0.3 is 0 Å². The molecule has 0 saturated carbocycles. The zero-order valence-corrected chi connectivity index (χ0v) is 29.1. The minimum Gasteiger partial charge on any atom is -0.475 e. The van der Waals surface area contributed by atoms with Gasteiger partial charge < -0.3 is 9.47 Å². The quantitative estimate of drug-likeness (QED) is 0.189. The summed E-state index contributed by atoms with van der Waals surface area (Å²) < 4.78 is 43.2. The van der Waals surface area contributed by atoms with E-state index < -0.39 is 16.1 Å². The lowest BCUT2D eigenvalue weighted by Gasteiger charge is -2.32. The van der Waals surface area contributed by atoms with Gasteiger partial charge in [0, 0.05) is 30.5 Å². The van der Waals surface area contributed by atoms with Crippen LogP contribution in [0.1, 0.15) is 47.3 Å². The van der Waals surface area contributed by atoms with Crippen molar-refractivity contribution in [1.29, 1.82) is 0 Å². The summed E-state index contributed by atoms with van der Waals surface area (Å²) in [4.78, 5) is 25.5. The number of hydrogen-bond donors (Lipinski definition) is 0. The number of carbonyl (C=O) groups is 1. The molecule has 11 nitrogen and oxygen atoms in total. The van der Waals surface area contributed by atoms with E-state index in [1.165, 1.54) is 19.2 Å². The van der Waals surface area contributed by atoms with Crippen molar-refractivity contribution >= 4 is 27.6 Å². The number of fused-ring (bicyclic) bond motifs is 4. The third-order valence-electron chi connectivity index (χ3n) is 8.40. The molecule has 0 N–H and O–H groups in total. The maximum Gasteiger partial charge on any atom is 0.268 e. The second-order valence-electron chi connectivity index (χ2n) is 12.6. The number of carbonyl (C=O) groups excluding carboxylic acids is 1. The molecule has 1 aliphatic heterocycles. The third kappa shape index (κ3) is 7.20. The normalized spacial score (nSPS) is 16.1. The topological polar surface area (TPSA) is 120 Å². The highest BCUT2D eigenvalue weighted by Crippen LogP contribution is 2.33. The monoisotopic (exact) mass is 680 g/mol. The molecule has 5 aromatic rings. The van der Waals surface area contributed by atoms with E-state index in [0.717, 1.165) is 26.6 Å². The zero-order chi connectivity index (χ0) is 34.7. The van der Waals surface area contributed by atoms with Gasteiger partial charge in [-0.25, -0.2) is 17.7 Å². The number of aryl methyl sites for hydroxylation is 2. The molecular formula is C37H40N6O5S. The molecule has 0 spiro atoms. The van der Waals surface area contributed by atoms with Crippen LogP contribution >= 0.6 is 0 Å². The van der Waals surface area contributed by atoms with Crippen LogP contribution in [0.5, 0.6) is 5.88 Å². The van der Waals surface area contributed by atoms with Crippen molar-refractivity contribution in [1.82, 2.24) is 19.7 Å². The molecular weight excluding hydrogens is 641 g/mol. The lowest BCUT2D eigenvalue weighted by molar-refractivity contribution is 0.0961. The third-order valence-corrected chi connectivity index (χ3v) is 10.1. The SMILES string of the molecule is COCN1c2nc(cc(-c3c(C)cccc3C)n2)OC[C@@H](CC(C)C)N(c2cnn(Cc3ccccc3)c2)C(=O)c2cccc(c2)S1(=O)=O. The Hall–Kier alpha value is -5.07. The first-order valence-electron chi connectivity index (χ1n) is 16.1. The summed E-state index contributed by atoms with van der Waals surface area (Å²) in [6, 6.07) is 23.1. The van der Waals surface area contributed by atoms with Crippen LogP contribution in [0.3, 0.4) is 0 Å². The number of rotatable bonds is 8. The standard InChI is InChI=1S/C37H40N6O5S/c1-25(2)17-30-23-48-34-19-33(35-26(3)11-9-12-27(35)4)39-37(40-34)42(24-47-5)49(45,46)32-16-10-15-29(18-32)36(44)43(30)31-20-38-41(22-31)21-28-13-7-6-8-14-28/h6-16,18-20,22,25,30H,17,21,23-24H2,1-5H3/t30-/m1/s1. The number of anilines is 2. The fourth-order valence-electron chi connectivity index (χ4n) is 6.15. The molecule has 49 heavy (non-hydrogen) atoms. The Morgan fingerprint density at radius 2 is 1.69 bits per heavy atom. The molecule has 1 aliphatic rings. The van der Waals surface area contributed by atoms with Gasteiger partial charge in [0.15, 0.2) is 0 Å². The fraction of sp³-hybridized carbons (Fsp3) is 0.297. The molecule has 254 valence electrons. The minimum atomic E-state index is -4.31. The Bertz CT molecular complexity index is 2040. The number of aromatic nitrogens is 4. The number of ether oxygens (including phenoxy) is 2. The summed E-state index contributed by atoms with van der Waals surface area (Å²) in [5.41, 5.74) is 5.11. The van der Waals surface area contributed by atoms with Crippen molar-refractivity contribution in [2.45, 2.75) is 51.6 Å². The van der Waals surface area contributed by atoms with Gasteiger partial charge in [0.05, 0.1) is 35.1 Å². The number of nitrogens with zero attached hydrogens (tertiary/aromatic N) is 6. The van der Waals surface area contributed by atoms with Crippen LogP contribution in [-0.4, -0.2) is 60.6 Å². The summed E-state index contributed by atoms with van der Waals surface area (Å²) in [6.45, 7) is 8.35. The molecule has 0 fully saturated rings. The number of amides is 1. The fourth-order valence-corrected chi connectivity index (χ4v) is 7.48. The molecule has 3 heterocycles. The summed E-state index contributed by atoms with van der Waals surface area (Å²) in [5.74, 6) is -0.121. The molecule has 1 atom stereocenters. The van der Waals surface area contributed by atoms with Gasteiger partial charge in [-0.05, 0) is 61.1 Å². The maximum atomic E-state index is 14.6. The summed E-state index contributed by atoms with van der Waals surface area (Å²) in [5, 5.41) is 4.59. The number of benzene rings is 3. The van der Waals surface area contributed by atoms with E-state index in [9.17, 15) is 13.2 Å². The first kappa shape index (κ1) is 33.8. The average Bonchev–Trinajstić information content (AvgIpc) is 3.53. The molecule has 12 heteroatoms. The zero-order valence-electron chi connectivity index (χ0n) is 28.3. The molecule has 2 aromatic heterocycles. The van der Waals surface area contributed by atoms with Crippen molar-refractivity contribution in [3.8, 4) is 17.1 Å². The van der Waals surface area contributed by atoms with Crippen LogP contribution in [-0.2, 0) is 21.3 Å². The molecule has 6 rings (SSSR count). The Morgan fingerprint density at radius 1 is 0.959 bits per heavy atom. The van der Waals surface area contributed by atoms with E-state index in [-0.39, 0.29) is 47.5 Å². The summed E-state index contributed by atoms with van der Waals surface area (Å²) in [7, 11) is -2.91. The molecule has 1 amide bonds. The summed E-state index contributed by atoms with van der Waals surface area (Å²) in [6.07, 6.45) is 4.08. The Kier molecular flexibility index (Phi) is 9.79. The lowest BCUT2D eigenvalue weighted by atomic mass is 10.00. The molecule has 0 radical (unpaired) electrons. The van der Waals surface area contributed by atoms with Crippen LogP contribution in [0.15, 0.2) is 96.2 Å². The van der Waals surface area contributed by atoms with Crippen LogP contribution in [0, 0.1) is 19.8 Å². The van der Waals surface area contributed by atoms with E-state index >= 15 is 0 Å². The lowest BCUT2D eigenvalue weighted by Crippen LogP contribution is -2.44. The first-order chi connectivity index (χ1) is 23.5. The van der Waals surface area contributed by atoms with Gasteiger partial charge in [-0.3, -0.25) is 14.4 Å². The van der Waals surface area contributed by atoms with Crippen molar-refractivity contribution in [2.24, 2.45) is 5.92 Å². The molecule has 3 aromatic carbocycles. The number of hydrogen-bond acceptors (Lipinski definition) is 8. The molecule has 0 saturated heterocycles. The Morgan fingerprint density at radius 3 is 2.41 bits per heavy atom. The minimum absolute atomic E-state index is 0.0765. The van der Waals surface area contributed by atoms with E-state index in [4.69, 9.17) is 14.5 Å². The van der Waals surface area contributed by atoms with Gasteiger partial charge in [-0.1, -0.05) is 68.4 Å². The molecule has 0 aliphatic carbocycles. The Balaban J connectivity index is 1.53. The molecule has 4 bridgehead atoms. The average molecular weight is 681 g/mol. The maximum absolute atomic E-state index is 14.6. The van der Waals surface area contributed by atoms with Crippen LogP contribution < -0.4 is 13.9 Å². The van der Waals surface area contributed by atoms with Gasteiger partial charge in [0.25, 0.3) is 15.9 Å². The predicted octanol–water partition coefficient (Wildman–Crippen LogP) is 6.26. The largest absolute Gasteiger partial charge is 0.475 e. The van der Waals surface area contributed by atoms with Crippen molar-refractivity contribution in [2.75, 3.05) is 29.7 Å². The summed E-state index contributed by atoms with van der Waals surface area (Å²) >= 11 is 0. The number of sulfonamides is 1. The van der Waals surface area contributed by atoms with Crippen LogP contribution in [0.4, 0.5) is 11.6 Å². The van der Waals surface area contributed by atoms with Gasteiger partial charge in [0.2, 0.25) is 11.8 Å². The first-order valence-corrected chi connectivity index (χ1v) is 17.6. The number of methoxy groups -OCH3 is 1. The highest BCUT2D eigenvalue weighted by molar-refractivity contribution is 7.92. The van der Waals surface area contributed by atoms with E-state index in [0.29, 0.717) is 24.3 Å². The second kappa shape index (κ2) is 14.2. The highest BCUT2D eigenvalue weighted by atomic mass is 32.2. The predicted molar refractivity (Wildman–Crippen MR) is 188 cm³/mol. The van der Waals surface area contributed by atoms with E-state index in [1.807, 2.05) is 68.6 Å². The second-order valence-corrected chi connectivity index (χ2v) is 14.5. The van der Waals surface area contributed by atoms with Crippen LogP contribution in [0.25, 0.3) is 11.3 Å². The van der Waals surface area contributed by atoms with Crippen LogP contribution in [0.2, 0.25) is 0 Å². The van der Waals surface area contributed by atoms with Gasteiger partial charge in [0.1, 0.15) is 13.3 Å². The van der Waals surface area contributed by atoms with Crippen molar-refractivity contribution in [3.05, 3.63) is 114 Å². The van der Waals surface area contributed by atoms with Crippen molar-refractivity contribution < 1.29 is 22.7 Å². The van der Waals surface area contributed by atoms with E-state index in [2.05, 4.69) is 23.9 Å². The van der Waals surface area contributed by atoms with Crippen molar-refractivity contribution in [3.63, 3.8) is 0 Å². The van der Waals surface area contributed by atoms with E-state index in [1.54, 1.807) is 34.0 Å². The van der Waals surface area contributed by atoms with Gasteiger partial charge in [-0.15, -0.1) is 0 Å².